The first kappa shape index (κ1) is 32.5. The van der Waals surface area contributed by atoms with E-state index in [1.807, 2.05) is 84.4 Å². The van der Waals surface area contributed by atoms with Gasteiger partial charge in [-0.3, -0.25) is 0 Å². The van der Waals surface area contributed by atoms with E-state index >= 15 is 0 Å². The summed E-state index contributed by atoms with van der Waals surface area (Å²) in [6.45, 7) is 4.01. The summed E-state index contributed by atoms with van der Waals surface area (Å²) in [5, 5.41) is 1.70. The molecular formula is C43H37N3O4. The Hall–Kier alpha value is -6.08. The molecule has 0 amide bonds. The first-order chi connectivity index (χ1) is 24.5. The smallest absolute Gasteiger partial charge is 0.356 e. The van der Waals surface area contributed by atoms with Gasteiger partial charge >= 0.3 is 11.9 Å². The number of fused-ring (bicyclic) bond motifs is 3. The Morgan fingerprint density at radius 1 is 0.540 bits per heavy atom. The molecule has 0 bridgehead atoms. The summed E-state index contributed by atoms with van der Waals surface area (Å²) in [4.78, 5) is 37.2. The molecule has 50 heavy (non-hydrogen) atoms. The summed E-state index contributed by atoms with van der Waals surface area (Å²) in [5.74, 6) is -1.69. The molecular weight excluding hydrogens is 622 g/mol. The van der Waals surface area contributed by atoms with Crippen LogP contribution in [0.15, 0.2) is 133 Å². The molecule has 248 valence electrons. The lowest BCUT2D eigenvalue weighted by atomic mass is 9.83. The largest absolute Gasteiger partial charge is 0.461 e. The van der Waals surface area contributed by atoms with Gasteiger partial charge in [-0.1, -0.05) is 121 Å². The number of aryl methyl sites for hydroxylation is 1. The minimum absolute atomic E-state index is 0.208. The number of ether oxygens (including phenoxy) is 2. The number of nitrogens with zero attached hydrogens (tertiary/aromatic N) is 3. The van der Waals surface area contributed by atoms with Crippen molar-refractivity contribution in [1.82, 2.24) is 14.5 Å². The Kier molecular flexibility index (Phi) is 9.21. The Bertz CT molecular complexity index is 2040. The van der Waals surface area contributed by atoms with Crippen LogP contribution in [-0.2, 0) is 16.5 Å². The Labute approximate surface area is 291 Å². The van der Waals surface area contributed by atoms with Crippen molar-refractivity contribution in [2.45, 2.75) is 25.7 Å². The van der Waals surface area contributed by atoms with Gasteiger partial charge in [0.05, 0.1) is 47.5 Å². The predicted molar refractivity (Wildman–Crippen MR) is 196 cm³/mol. The quantitative estimate of drug-likeness (QED) is 0.137. The molecule has 0 saturated carbocycles. The van der Waals surface area contributed by atoms with Gasteiger partial charge in [0.15, 0.2) is 11.4 Å². The number of hydrogen-bond acceptors (Lipinski definition) is 6. The van der Waals surface area contributed by atoms with Gasteiger partial charge in [-0.05, 0) is 48.2 Å². The van der Waals surface area contributed by atoms with E-state index in [0.29, 0.717) is 11.4 Å². The van der Waals surface area contributed by atoms with E-state index in [2.05, 4.69) is 48.5 Å². The monoisotopic (exact) mass is 659 g/mol. The highest BCUT2D eigenvalue weighted by atomic mass is 16.5. The average Bonchev–Trinajstić information content (AvgIpc) is 3.45. The topological polar surface area (TPSA) is 83.3 Å². The first-order valence-corrected chi connectivity index (χ1v) is 16.9. The number of pyridine rings is 2. The molecule has 3 heterocycles. The maximum absolute atomic E-state index is 13.5. The third-order valence-electron chi connectivity index (χ3n) is 9.07. The molecule has 0 aliphatic heterocycles. The van der Waals surface area contributed by atoms with Crippen LogP contribution in [0.3, 0.4) is 0 Å². The van der Waals surface area contributed by atoms with Crippen molar-refractivity contribution in [3.63, 3.8) is 0 Å². The van der Waals surface area contributed by atoms with Gasteiger partial charge < -0.3 is 14.0 Å². The molecule has 0 atom stereocenters. The maximum Gasteiger partial charge on any atom is 0.356 e. The van der Waals surface area contributed by atoms with Gasteiger partial charge in [-0.25, -0.2) is 19.6 Å². The fourth-order valence-corrected chi connectivity index (χ4v) is 6.91. The normalized spacial score (nSPS) is 11.4. The van der Waals surface area contributed by atoms with Crippen LogP contribution in [0.25, 0.3) is 21.8 Å². The molecule has 7 rings (SSSR count). The summed E-state index contributed by atoms with van der Waals surface area (Å²) in [6.07, 6.45) is 0. The zero-order valence-electron chi connectivity index (χ0n) is 28.2. The van der Waals surface area contributed by atoms with Crippen molar-refractivity contribution in [2.75, 3.05) is 13.2 Å². The summed E-state index contributed by atoms with van der Waals surface area (Å²) in [6, 6.07) is 44.3. The van der Waals surface area contributed by atoms with Crippen molar-refractivity contribution in [2.24, 2.45) is 7.05 Å². The Morgan fingerprint density at radius 3 is 1.12 bits per heavy atom. The number of aromatic nitrogens is 3. The molecule has 0 saturated heterocycles. The highest BCUT2D eigenvalue weighted by molar-refractivity contribution is 6.13. The van der Waals surface area contributed by atoms with Gasteiger partial charge in [0, 0.05) is 17.8 Å². The fourth-order valence-electron chi connectivity index (χ4n) is 6.91. The van der Waals surface area contributed by atoms with E-state index in [1.54, 1.807) is 26.0 Å². The zero-order chi connectivity index (χ0) is 34.6. The van der Waals surface area contributed by atoms with E-state index in [1.165, 1.54) is 0 Å². The molecule has 0 unspecified atom stereocenters. The van der Waals surface area contributed by atoms with Gasteiger partial charge in [0.25, 0.3) is 0 Å². The average molecular weight is 660 g/mol. The van der Waals surface area contributed by atoms with E-state index in [9.17, 15) is 9.59 Å². The third kappa shape index (κ3) is 6.03. The van der Waals surface area contributed by atoms with E-state index in [-0.39, 0.29) is 36.4 Å². The first-order valence-electron chi connectivity index (χ1n) is 16.9. The SMILES string of the molecule is CCOC(=O)c1cc2c(c(C(c3ccccc3)c3ccccc3)n1)c1c(C(c3ccccc3)c3ccccc3)nc(C(=O)OCC)cc1n2C. The lowest BCUT2D eigenvalue weighted by Crippen LogP contribution is -2.14. The van der Waals surface area contributed by atoms with Crippen LogP contribution < -0.4 is 0 Å². The van der Waals surface area contributed by atoms with Crippen LogP contribution >= 0.6 is 0 Å². The number of carbonyl (C=O) groups is 2. The molecule has 0 N–H and O–H groups in total. The van der Waals surface area contributed by atoms with Crippen LogP contribution in [-0.4, -0.2) is 39.7 Å². The number of rotatable bonds is 10. The minimum Gasteiger partial charge on any atom is -0.461 e. The molecule has 7 aromatic rings. The maximum atomic E-state index is 13.5. The second kappa shape index (κ2) is 14.2. The number of hydrogen-bond donors (Lipinski definition) is 0. The van der Waals surface area contributed by atoms with Gasteiger partial charge in [0.2, 0.25) is 0 Å². The molecule has 0 aliphatic carbocycles. The molecule has 0 aliphatic rings. The number of esters is 2. The molecule has 7 heteroatoms. The summed E-state index contributed by atoms with van der Waals surface area (Å²) in [5.41, 5.74) is 7.43. The molecule has 0 spiro atoms. The van der Waals surface area contributed by atoms with Gasteiger partial charge in [0.1, 0.15) is 0 Å². The highest BCUT2D eigenvalue weighted by Gasteiger charge is 2.31. The Morgan fingerprint density at radius 2 is 0.840 bits per heavy atom. The van der Waals surface area contributed by atoms with Crippen LogP contribution in [0.2, 0.25) is 0 Å². The molecule has 0 radical (unpaired) electrons. The molecule has 0 fully saturated rings. The number of benzene rings is 4. The second-order valence-electron chi connectivity index (χ2n) is 12.1. The van der Waals surface area contributed by atoms with Crippen LogP contribution in [0.5, 0.6) is 0 Å². The van der Waals surface area contributed by atoms with Crippen molar-refractivity contribution in [3.8, 4) is 0 Å². The standard InChI is InChI=1S/C43H37N3O4/c1-4-49-42(47)32-26-34-38(40(44-32)36(28-18-10-6-11-19-28)29-20-12-7-13-21-29)39-35(46(34)3)27-33(43(48)50-5-2)45-41(39)37(30-22-14-8-15-23-30)31-24-16-9-17-25-31/h6-27,36-37H,4-5H2,1-3H3. The van der Waals surface area contributed by atoms with Crippen molar-refractivity contribution < 1.29 is 19.1 Å². The Balaban J connectivity index is 1.67. The second-order valence-corrected chi connectivity index (χ2v) is 12.1. The van der Waals surface area contributed by atoms with Gasteiger partial charge in [-0.2, -0.15) is 0 Å². The van der Waals surface area contributed by atoms with E-state index < -0.39 is 11.9 Å². The van der Waals surface area contributed by atoms with Crippen LogP contribution in [0.1, 0.15) is 80.3 Å². The summed E-state index contributed by atoms with van der Waals surface area (Å²) >= 11 is 0. The summed E-state index contributed by atoms with van der Waals surface area (Å²) in [7, 11) is 1.95. The summed E-state index contributed by atoms with van der Waals surface area (Å²) < 4.78 is 13.0. The zero-order valence-corrected chi connectivity index (χ0v) is 28.2. The van der Waals surface area contributed by atoms with Crippen LogP contribution in [0.4, 0.5) is 0 Å². The van der Waals surface area contributed by atoms with Crippen molar-refractivity contribution >= 4 is 33.7 Å². The lowest BCUT2D eigenvalue weighted by molar-refractivity contribution is 0.0510. The molecule has 3 aromatic heterocycles. The predicted octanol–water partition coefficient (Wildman–Crippen LogP) is 8.84. The third-order valence-corrected chi connectivity index (χ3v) is 9.07. The van der Waals surface area contributed by atoms with Gasteiger partial charge in [-0.15, -0.1) is 0 Å². The van der Waals surface area contributed by atoms with E-state index in [0.717, 1.165) is 44.1 Å². The molecule has 4 aromatic carbocycles. The van der Waals surface area contributed by atoms with Crippen molar-refractivity contribution in [1.29, 1.82) is 0 Å². The lowest BCUT2D eigenvalue weighted by Gasteiger charge is -2.22. The van der Waals surface area contributed by atoms with E-state index in [4.69, 9.17) is 19.4 Å². The van der Waals surface area contributed by atoms with Crippen LogP contribution in [0, 0.1) is 0 Å². The molecule has 7 nitrogen and oxygen atoms in total. The number of carbonyl (C=O) groups excluding carboxylic acids is 2. The fraction of sp³-hybridized carbons (Fsp3) is 0.163. The minimum atomic E-state index is -0.502. The highest BCUT2D eigenvalue weighted by Crippen LogP contribution is 2.44. The van der Waals surface area contributed by atoms with Crippen molar-refractivity contribution in [3.05, 3.63) is 178 Å².